The number of hydrogen-bond donors (Lipinski definition) is 0. The fraction of sp³-hybridized carbons (Fsp3) is 0.100. The lowest BCUT2D eigenvalue weighted by Gasteiger charge is -2.01. The van der Waals surface area contributed by atoms with Crippen molar-refractivity contribution in [2.45, 2.75) is 6.92 Å². The zero-order valence-electron chi connectivity index (χ0n) is 7.01. The van der Waals surface area contributed by atoms with E-state index >= 15 is 0 Å². The molecule has 0 atom stereocenters. The first kappa shape index (κ1) is 8.63. The Balaban J connectivity index is 2.86. The van der Waals surface area contributed by atoms with Crippen molar-refractivity contribution in [2.24, 2.45) is 0 Å². The number of fused-ring (bicyclic) bond motifs is 1. The van der Waals surface area contributed by atoms with Crippen molar-refractivity contribution in [3.8, 4) is 0 Å². The molecule has 1 aromatic heterocycles. The van der Waals surface area contributed by atoms with Gasteiger partial charge in [0.15, 0.2) is 0 Å². The lowest BCUT2D eigenvalue weighted by molar-refractivity contribution is 0.629. The molecule has 3 heteroatoms. The SMILES string of the molecule is Cc1cc(Br)c2ccc(F)cc2n1. The molecule has 66 valence electrons. The predicted molar refractivity (Wildman–Crippen MR) is 54.1 cm³/mol. The van der Waals surface area contributed by atoms with Crippen LogP contribution in [0.15, 0.2) is 28.7 Å². The van der Waals surface area contributed by atoms with E-state index in [1.807, 2.05) is 13.0 Å². The molecule has 0 N–H and O–H groups in total. The first-order chi connectivity index (χ1) is 6.16. The Bertz CT molecular complexity index is 462. The quantitative estimate of drug-likeness (QED) is 0.687. The largest absolute Gasteiger partial charge is 0.253 e. The number of benzene rings is 1. The Morgan fingerprint density at radius 3 is 2.85 bits per heavy atom. The maximum absolute atomic E-state index is 12.8. The van der Waals surface area contributed by atoms with Crippen LogP contribution < -0.4 is 0 Å². The molecular weight excluding hydrogens is 233 g/mol. The van der Waals surface area contributed by atoms with Gasteiger partial charge in [0.05, 0.1) is 5.52 Å². The van der Waals surface area contributed by atoms with Crippen molar-refractivity contribution in [3.63, 3.8) is 0 Å². The van der Waals surface area contributed by atoms with Gasteiger partial charge in [-0.1, -0.05) is 15.9 Å². The van der Waals surface area contributed by atoms with Crippen molar-refractivity contribution in [2.75, 3.05) is 0 Å². The Morgan fingerprint density at radius 1 is 1.31 bits per heavy atom. The number of aromatic nitrogens is 1. The van der Waals surface area contributed by atoms with Crippen molar-refractivity contribution in [1.82, 2.24) is 4.98 Å². The molecule has 0 bridgehead atoms. The van der Waals surface area contributed by atoms with E-state index in [4.69, 9.17) is 0 Å². The summed E-state index contributed by atoms with van der Waals surface area (Å²) in [6.45, 7) is 1.88. The molecule has 1 nitrogen and oxygen atoms in total. The van der Waals surface area contributed by atoms with Crippen LogP contribution in [-0.4, -0.2) is 4.98 Å². The van der Waals surface area contributed by atoms with Gasteiger partial charge in [-0.05, 0) is 25.1 Å². The van der Waals surface area contributed by atoms with Gasteiger partial charge in [-0.2, -0.15) is 0 Å². The highest BCUT2D eigenvalue weighted by Crippen LogP contribution is 2.23. The molecular formula is C10H7BrFN. The average Bonchev–Trinajstić information content (AvgIpc) is 2.02. The van der Waals surface area contributed by atoms with Crippen molar-refractivity contribution in [1.29, 1.82) is 0 Å². The summed E-state index contributed by atoms with van der Waals surface area (Å²) in [6.07, 6.45) is 0. The molecule has 0 aliphatic rings. The molecule has 1 heterocycles. The molecule has 0 amide bonds. The third-order valence-corrected chi connectivity index (χ3v) is 2.51. The summed E-state index contributed by atoms with van der Waals surface area (Å²) in [5, 5.41) is 0.937. The summed E-state index contributed by atoms with van der Waals surface area (Å²) in [6, 6.07) is 6.51. The second kappa shape index (κ2) is 3.07. The molecule has 2 rings (SSSR count). The van der Waals surface area contributed by atoms with Gasteiger partial charge in [0.25, 0.3) is 0 Å². The number of pyridine rings is 1. The lowest BCUT2D eigenvalue weighted by atomic mass is 10.2. The molecule has 0 aliphatic carbocycles. The minimum atomic E-state index is -0.252. The molecule has 0 saturated heterocycles. The van der Waals surface area contributed by atoms with E-state index in [9.17, 15) is 4.39 Å². The minimum Gasteiger partial charge on any atom is -0.253 e. The Labute approximate surface area is 83.7 Å². The summed E-state index contributed by atoms with van der Waals surface area (Å²) in [4.78, 5) is 4.23. The second-order valence-electron chi connectivity index (χ2n) is 2.91. The van der Waals surface area contributed by atoms with E-state index in [-0.39, 0.29) is 5.82 Å². The van der Waals surface area contributed by atoms with E-state index < -0.39 is 0 Å². The van der Waals surface area contributed by atoms with Gasteiger partial charge in [-0.25, -0.2) is 4.39 Å². The van der Waals surface area contributed by atoms with E-state index in [0.29, 0.717) is 5.52 Å². The molecule has 0 unspecified atom stereocenters. The highest BCUT2D eigenvalue weighted by atomic mass is 79.9. The molecule has 13 heavy (non-hydrogen) atoms. The van der Waals surface area contributed by atoms with Crippen molar-refractivity contribution >= 4 is 26.8 Å². The third kappa shape index (κ3) is 1.56. The van der Waals surface area contributed by atoms with Crippen LogP contribution in [0.2, 0.25) is 0 Å². The Kier molecular flexibility index (Phi) is 2.04. The van der Waals surface area contributed by atoms with Gasteiger partial charge in [0.1, 0.15) is 5.82 Å². The van der Waals surface area contributed by atoms with Crippen LogP contribution in [0.5, 0.6) is 0 Å². The van der Waals surface area contributed by atoms with Gasteiger partial charge < -0.3 is 0 Å². The summed E-state index contributed by atoms with van der Waals surface area (Å²) < 4.78 is 13.8. The van der Waals surface area contributed by atoms with Gasteiger partial charge in [0, 0.05) is 21.6 Å². The fourth-order valence-corrected chi connectivity index (χ4v) is 1.95. The first-order valence-electron chi connectivity index (χ1n) is 3.89. The van der Waals surface area contributed by atoms with Gasteiger partial charge >= 0.3 is 0 Å². The zero-order chi connectivity index (χ0) is 9.42. The highest BCUT2D eigenvalue weighted by Gasteiger charge is 2.01. The predicted octanol–water partition coefficient (Wildman–Crippen LogP) is 3.44. The maximum Gasteiger partial charge on any atom is 0.125 e. The monoisotopic (exact) mass is 239 g/mol. The normalized spacial score (nSPS) is 10.7. The number of rotatable bonds is 0. The third-order valence-electron chi connectivity index (χ3n) is 1.85. The van der Waals surface area contributed by atoms with Crippen LogP contribution >= 0.6 is 15.9 Å². The number of hydrogen-bond acceptors (Lipinski definition) is 1. The summed E-state index contributed by atoms with van der Waals surface area (Å²) >= 11 is 3.41. The van der Waals surface area contributed by atoms with E-state index in [2.05, 4.69) is 20.9 Å². The number of halogens is 2. The molecule has 0 spiro atoms. The first-order valence-corrected chi connectivity index (χ1v) is 4.68. The second-order valence-corrected chi connectivity index (χ2v) is 3.76. The number of aryl methyl sites for hydroxylation is 1. The molecule has 1 aromatic carbocycles. The van der Waals surface area contributed by atoms with Crippen LogP contribution in [-0.2, 0) is 0 Å². The van der Waals surface area contributed by atoms with Gasteiger partial charge in [-0.3, -0.25) is 4.98 Å². The summed E-state index contributed by atoms with van der Waals surface area (Å²) in [5.41, 5.74) is 1.57. The van der Waals surface area contributed by atoms with Crippen LogP contribution in [0.25, 0.3) is 10.9 Å². The summed E-state index contributed by atoms with van der Waals surface area (Å²) in [5.74, 6) is -0.252. The average molecular weight is 240 g/mol. The lowest BCUT2D eigenvalue weighted by Crippen LogP contribution is -1.85. The van der Waals surface area contributed by atoms with E-state index in [0.717, 1.165) is 15.6 Å². The van der Waals surface area contributed by atoms with Crippen LogP contribution in [0.4, 0.5) is 4.39 Å². The van der Waals surface area contributed by atoms with Crippen molar-refractivity contribution < 1.29 is 4.39 Å². The molecule has 0 fully saturated rings. The van der Waals surface area contributed by atoms with E-state index in [1.165, 1.54) is 12.1 Å². The van der Waals surface area contributed by atoms with Crippen LogP contribution in [0, 0.1) is 12.7 Å². The van der Waals surface area contributed by atoms with Gasteiger partial charge in [-0.15, -0.1) is 0 Å². The molecule has 0 saturated carbocycles. The highest BCUT2D eigenvalue weighted by molar-refractivity contribution is 9.10. The topological polar surface area (TPSA) is 12.9 Å². The standard InChI is InChI=1S/C10H7BrFN/c1-6-4-9(11)8-3-2-7(12)5-10(8)13-6/h2-5H,1H3. The van der Waals surface area contributed by atoms with Gasteiger partial charge in [0.2, 0.25) is 0 Å². The van der Waals surface area contributed by atoms with Crippen LogP contribution in [0.1, 0.15) is 5.69 Å². The zero-order valence-corrected chi connectivity index (χ0v) is 8.60. The van der Waals surface area contributed by atoms with Crippen LogP contribution in [0.3, 0.4) is 0 Å². The molecule has 0 radical (unpaired) electrons. The Morgan fingerprint density at radius 2 is 2.08 bits per heavy atom. The summed E-state index contributed by atoms with van der Waals surface area (Å²) in [7, 11) is 0. The van der Waals surface area contributed by atoms with E-state index in [1.54, 1.807) is 6.07 Å². The Hall–Kier alpha value is -0.960. The smallest absolute Gasteiger partial charge is 0.125 e. The minimum absolute atomic E-state index is 0.252. The molecule has 2 aromatic rings. The molecule has 0 aliphatic heterocycles. The fourth-order valence-electron chi connectivity index (χ4n) is 1.28. The maximum atomic E-state index is 12.8. The number of nitrogens with zero attached hydrogens (tertiary/aromatic N) is 1. The van der Waals surface area contributed by atoms with Crippen molar-refractivity contribution in [3.05, 3.63) is 40.2 Å².